The average molecular weight is 316 g/mol. The predicted octanol–water partition coefficient (Wildman–Crippen LogP) is 3.70. The molecule has 1 unspecified atom stereocenters. The minimum atomic E-state index is -4.58. The van der Waals surface area contributed by atoms with E-state index in [1.165, 1.54) is 0 Å². The van der Waals surface area contributed by atoms with E-state index in [0.29, 0.717) is 5.56 Å². The van der Waals surface area contributed by atoms with E-state index in [2.05, 4.69) is 4.74 Å². The van der Waals surface area contributed by atoms with Gasteiger partial charge in [0, 0.05) is 4.43 Å². The molecule has 0 aliphatic rings. The van der Waals surface area contributed by atoms with Gasteiger partial charge in [-0.25, -0.2) is 0 Å². The van der Waals surface area contributed by atoms with Crippen molar-refractivity contribution in [2.24, 2.45) is 0 Å². The van der Waals surface area contributed by atoms with Crippen LogP contribution in [0.2, 0.25) is 0 Å². The minimum Gasteiger partial charge on any atom is -0.283 e. The fourth-order valence-corrected chi connectivity index (χ4v) is 1.71. The number of ether oxygens (including phenoxy) is 1. The quantitative estimate of drug-likeness (QED) is 0.610. The number of hydrogen-bond acceptors (Lipinski definition) is 1. The lowest BCUT2D eigenvalue weighted by Crippen LogP contribution is -2.18. The van der Waals surface area contributed by atoms with E-state index in [-0.39, 0.29) is 4.43 Å². The normalized spacial score (nSPS) is 14.0. The van der Waals surface area contributed by atoms with Gasteiger partial charge >= 0.3 is 6.36 Å². The van der Waals surface area contributed by atoms with Crippen LogP contribution in [0.15, 0.2) is 30.3 Å². The molecule has 14 heavy (non-hydrogen) atoms. The van der Waals surface area contributed by atoms with E-state index < -0.39 is 12.5 Å². The number of benzene rings is 1. The van der Waals surface area contributed by atoms with Crippen LogP contribution in [-0.2, 0) is 4.74 Å². The molecule has 1 aromatic carbocycles. The fourth-order valence-electron chi connectivity index (χ4n) is 1.02. The average Bonchev–Trinajstić information content (AvgIpc) is 2.14. The fraction of sp³-hybridized carbons (Fsp3) is 0.333. The van der Waals surface area contributed by atoms with Gasteiger partial charge < -0.3 is 0 Å². The van der Waals surface area contributed by atoms with Crippen LogP contribution in [0, 0.1) is 0 Å². The Kier molecular flexibility index (Phi) is 4.18. The van der Waals surface area contributed by atoms with Crippen LogP contribution in [0.1, 0.15) is 11.7 Å². The third-order valence-electron chi connectivity index (χ3n) is 1.59. The van der Waals surface area contributed by atoms with E-state index >= 15 is 0 Å². The van der Waals surface area contributed by atoms with Gasteiger partial charge in [0.1, 0.15) is 6.10 Å². The first-order valence-electron chi connectivity index (χ1n) is 3.88. The largest absolute Gasteiger partial charge is 0.523 e. The maximum atomic E-state index is 12.0. The molecule has 0 spiro atoms. The van der Waals surface area contributed by atoms with Gasteiger partial charge in [0.05, 0.1) is 0 Å². The van der Waals surface area contributed by atoms with E-state index in [4.69, 9.17) is 0 Å². The van der Waals surface area contributed by atoms with Crippen molar-refractivity contribution in [3.05, 3.63) is 35.9 Å². The summed E-state index contributed by atoms with van der Waals surface area (Å²) in [5, 5.41) is 0. The molecule has 0 amide bonds. The maximum absolute atomic E-state index is 12.0. The number of rotatable bonds is 3. The summed E-state index contributed by atoms with van der Waals surface area (Å²) in [7, 11) is 0. The van der Waals surface area contributed by atoms with E-state index in [0.717, 1.165) is 0 Å². The highest BCUT2D eigenvalue weighted by atomic mass is 127. The molecule has 78 valence electrons. The Morgan fingerprint density at radius 2 is 1.79 bits per heavy atom. The second-order valence-corrected chi connectivity index (χ2v) is 3.50. The SMILES string of the molecule is FC(F)(F)OC(CI)c1ccccc1. The molecule has 0 aliphatic carbocycles. The molecule has 0 saturated heterocycles. The molecule has 1 atom stereocenters. The van der Waals surface area contributed by atoms with E-state index in [9.17, 15) is 13.2 Å². The van der Waals surface area contributed by atoms with Crippen molar-refractivity contribution in [1.29, 1.82) is 0 Å². The van der Waals surface area contributed by atoms with Gasteiger partial charge in [0.15, 0.2) is 0 Å². The molecule has 5 heteroatoms. The molecule has 1 aromatic rings. The first kappa shape index (κ1) is 11.8. The molecular weight excluding hydrogens is 308 g/mol. The molecule has 0 fully saturated rings. The second-order valence-electron chi connectivity index (χ2n) is 2.62. The van der Waals surface area contributed by atoms with E-state index in [1.807, 2.05) is 22.6 Å². The Labute approximate surface area is 93.4 Å². The van der Waals surface area contributed by atoms with Gasteiger partial charge in [-0.05, 0) is 5.56 Å². The van der Waals surface area contributed by atoms with Gasteiger partial charge in [0.25, 0.3) is 0 Å². The van der Waals surface area contributed by atoms with Crippen LogP contribution in [0.25, 0.3) is 0 Å². The molecule has 0 heterocycles. The Hall–Kier alpha value is -0.300. The van der Waals surface area contributed by atoms with Crippen molar-refractivity contribution in [1.82, 2.24) is 0 Å². The number of halogens is 4. The van der Waals surface area contributed by atoms with Gasteiger partial charge in [-0.2, -0.15) is 0 Å². The van der Waals surface area contributed by atoms with Crippen LogP contribution in [-0.4, -0.2) is 10.8 Å². The highest BCUT2D eigenvalue weighted by molar-refractivity contribution is 14.1. The summed E-state index contributed by atoms with van der Waals surface area (Å²) in [5.41, 5.74) is 0.541. The molecule has 1 rings (SSSR count). The zero-order chi connectivity index (χ0) is 10.6. The number of hydrogen-bond donors (Lipinski definition) is 0. The van der Waals surface area contributed by atoms with Crippen LogP contribution >= 0.6 is 22.6 Å². The van der Waals surface area contributed by atoms with E-state index in [1.54, 1.807) is 30.3 Å². The van der Waals surface area contributed by atoms with Crippen molar-refractivity contribution >= 4 is 22.6 Å². The molecular formula is C9H8F3IO. The molecule has 0 N–H and O–H groups in total. The molecule has 0 aromatic heterocycles. The molecule has 1 nitrogen and oxygen atoms in total. The Balaban J connectivity index is 2.73. The summed E-state index contributed by atoms with van der Waals surface area (Å²) in [6.45, 7) is 0. The Morgan fingerprint density at radius 1 is 1.21 bits per heavy atom. The highest BCUT2D eigenvalue weighted by Gasteiger charge is 2.33. The van der Waals surface area contributed by atoms with Crippen molar-refractivity contribution in [2.45, 2.75) is 12.5 Å². The standard InChI is InChI=1S/C9H8F3IO/c10-9(11,12)14-8(6-13)7-4-2-1-3-5-7/h1-5,8H,6H2. The smallest absolute Gasteiger partial charge is 0.283 e. The summed E-state index contributed by atoms with van der Waals surface area (Å²) in [6.07, 6.45) is -5.50. The highest BCUT2D eigenvalue weighted by Crippen LogP contribution is 2.28. The van der Waals surface area contributed by atoms with Crippen molar-refractivity contribution < 1.29 is 17.9 Å². The third-order valence-corrected chi connectivity index (χ3v) is 2.39. The zero-order valence-electron chi connectivity index (χ0n) is 7.09. The lowest BCUT2D eigenvalue weighted by Gasteiger charge is -2.17. The maximum Gasteiger partial charge on any atom is 0.523 e. The van der Waals surface area contributed by atoms with Gasteiger partial charge in [-0.1, -0.05) is 52.9 Å². The van der Waals surface area contributed by atoms with Crippen molar-refractivity contribution in [2.75, 3.05) is 4.43 Å². The Bertz CT molecular complexity index is 273. The summed E-state index contributed by atoms with van der Waals surface area (Å²) in [5.74, 6) is 0. The molecule has 0 aliphatic heterocycles. The molecule has 0 radical (unpaired) electrons. The van der Waals surface area contributed by atoms with Gasteiger partial charge in [0.2, 0.25) is 0 Å². The number of alkyl halides is 4. The molecule has 0 saturated carbocycles. The van der Waals surface area contributed by atoms with Crippen molar-refractivity contribution in [3.8, 4) is 0 Å². The first-order chi connectivity index (χ1) is 6.53. The van der Waals surface area contributed by atoms with Gasteiger partial charge in [-0.15, -0.1) is 13.2 Å². The lowest BCUT2D eigenvalue weighted by molar-refractivity contribution is -0.341. The second kappa shape index (κ2) is 4.97. The lowest BCUT2D eigenvalue weighted by atomic mass is 10.1. The van der Waals surface area contributed by atoms with Crippen LogP contribution < -0.4 is 0 Å². The topological polar surface area (TPSA) is 9.23 Å². The van der Waals surface area contributed by atoms with Crippen molar-refractivity contribution in [3.63, 3.8) is 0 Å². The summed E-state index contributed by atoms with van der Waals surface area (Å²) in [4.78, 5) is 0. The van der Waals surface area contributed by atoms with Crippen LogP contribution in [0.5, 0.6) is 0 Å². The first-order valence-corrected chi connectivity index (χ1v) is 5.41. The summed E-state index contributed by atoms with van der Waals surface area (Å²) >= 11 is 1.87. The Morgan fingerprint density at radius 3 is 2.21 bits per heavy atom. The zero-order valence-corrected chi connectivity index (χ0v) is 9.25. The molecule has 0 bridgehead atoms. The minimum absolute atomic E-state index is 0.265. The third kappa shape index (κ3) is 3.83. The monoisotopic (exact) mass is 316 g/mol. The van der Waals surface area contributed by atoms with Crippen LogP contribution in [0.3, 0.4) is 0 Å². The summed E-state index contributed by atoms with van der Waals surface area (Å²) in [6, 6.07) is 8.37. The predicted molar refractivity (Wildman–Crippen MR) is 55.2 cm³/mol. The summed E-state index contributed by atoms with van der Waals surface area (Å²) < 4.78 is 40.1. The van der Waals surface area contributed by atoms with Gasteiger partial charge in [-0.3, -0.25) is 4.74 Å². The van der Waals surface area contributed by atoms with Crippen LogP contribution in [0.4, 0.5) is 13.2 Å².